The van der Waals surface area contributed by atoms with Crippen LogP contribution >= 0.6 is 0 Å². The van der Waals surface area contributed by atoms with Gasteiger partial charge in [0.05, 0.1) is 39.3 Å². The highest BCUT2D eigenvalue weighted by molar-refractivity contribution is 6.19. The molecule has 0 aliphatic carbocycles. The molecule has 0 N–H and O–H groups in total. The fourth-order valence-electron chi connectivity index (χ4n) is 7.81. The van der Waals surface area contributed by atoms with Gasteiger partial charge in [0.2, 0.25) is 5.71 Å². The zero-order valence-corrected chi connectivity index (χ0v) is 26.2. The average molecular weight is 627 g/mol. The Balaban J connectivity index is 1.13. The number of benzene rings is 7. The number of aromatic nitrogens is 4. The standard InChI is InChI=1S/C44H26N4O/c1-2-13-29(14-3-1)47-37-19-8-6-17-32(37)34-25-40-35(24-39(34)47)33-18-7-9-20-38(33)48(40)30-15-10-12-28(23-30)36-26-45-43-42-31-16-5-4-11-27(31)21-22-41(42)49-44(43)46-36/h1-26H. The van der Waals surface area contributed by atoms with Gasteiger partial charge in [0.25, 0.3) is 0 Å². The van der Waals surface area contributed by atoms with Crippen LogP contribution in [0.25, 0.3) is 99.2 Å². The lowest BCUT2D eigenvalue weighted by molar-refractivity contribution is 0.654. The molecule has 228 valence electrons. The van der Waals surface area contributed by atoms with Gasteiger partial charge >= 0.3 is 0 Å². The van der Waals surface area contributed by atoms with Crippen molar-refractivity contribution in [2.75, 3.05) is 0 Å². The smallest absolute Gasteiger partial charge is 0.246 e. The van der Waals surface area contributed by atoms with E-state index in [1.54, 1.807) is 0 Å². The van der Waals surface area contributed by atoms with E-state index < -0.39 is 0 Å². The highest BCUT2D eigenvalue weighted by Crippen LogP contribution is 2.40. The molecule has 11 rings (SSSR count). The summed E-state index contributed by atoms with van der Waals surface area (Å²) < 4.78 is 11.0. The van der Waals surface area contributed by atoms with Gasteiger partial charge < -0.3 is 13.6 Å². The summed E-state index contributed by atoms with van der Waals surface area (Å²) in [5, 5.41) is 8.16. The van der Waals surface area contributed by atoms with Crippen LogP contribution in [0.4, 0.5) is 0 Å². The van der Waals surface area contributed by atoms with E-state index >= 15 is 0 Å². The number of rotatable bonds is 3. The molecule has 0 saturated carbocycles. The van der Waals surface area contributed by atoms with E-state index in [-0.39, 0.29) is 0 Å². The molecule has 0 amide bonds. The van der Waals surface area contributed by atoms with Gasteiger partial charge in [-0.05, 0) is 65.4 Å². The molecule has 0 spiro atoms. The largest absolute Gasteiger partial charge is 0.436 e. The lowest BCUT2D eigenvalue weighted by Gasteiger charge is -2.10. The lowest BCUT2D eigenvalue weighted by atomic mass is 10.1. The van der Waals surface area contributed by atoms with Gasteiger partial charge in [0, 0.05) is 38.5 Å². The molecule has 5 nitrogen and oxygen atoms in total. The quantitative estimate of drug-likeness (QED) is 0.196. The van der Waals surface area contributed by atoms with E-state index in [1.807, 2.05) is 12.3 Å². The van der Waals surface area contributed by atoms with Crippen LogP contribution in [0.1, 0.15) is 0 Å². The maximum absolute atomic E-state index is 6.27. The van der Waals surface area contributed by atoms with Gasteiger partial charge in [-0.1, -0.05) is 97.1 Å². The molecule has 11 aromatic rings. The molecule has 5 heteroatoms. The molecular weight excluding hydrogens is 601 g/mol. The summed E-state index contributed by atoms with van der Waals surface area (Å²) in [6, 6.07) is 53.7. The van der Waals surface area contributed by atoms with E-state index in [2.05, 4.69) is 155 Å². The normalized spacial score (nSPS) is 12.1. The number of para-hydroxylation sites is 3. The third-order valence-corrected chi connectivity index (χ3v) is 9.96. The number of nitrogens with zero attached hydrogens (tertiary/aromatic N) is 4. The summed E-state index contributed by atoms with van der Waals surface area (Å²) in [4.78, 5) is 9.92. The highest BCUT2D eigenvalue weighted by atomic mass is 16.3. The van der Waals surface area contributed by atoms with Crippen LogP contribution in [0.15, 0.2) is 162 Å². The van der Waals surface area contributed by atoms with Crippen LogP contribution in [-0.2, 0) is 0 Å². The third kappa shape index (κ3) is 3.75. The molecule has 4 aromatic heterocycles. The Labute approximate surface area is 279 Å². The minimum absolute atomic E-state index is 0.545. The van der Waals surface area contributed by atoms with Crippen LogP contribution in [0, 0.1) is 0 Å². The second kappa shape index (κ2) is 9.89. The maximum atomic E-state index is 6.27. The molecule has 4 heterocycles. The van der Waals surface area contributed by atoms with Crippen molar-refractivity contribution in [2.24, 2.45) is 0 Å². The number of hydrogen-bond donors (Lipinski definition) is 0. The maximum Gasteiger partial charge on any atom is 0.246 e. The molecule has 0 aliphatic heterocycles. The van der Waals surface area contributed by atoms with Gasteiger partial charge in [-0.2, -0.15) is 0 Å². The van der Waals surface area contributed by atoms with Crippen LogP contribution in [0.2, 0.25) is 0 Å². The minimum atomic E-state index is 0.545. The summed E-state index contributed by atoms with van der Waals surface area (Å²) in [6.07, 6.45) is 1.87. The van der Waals surface area contributed by atoms with Crippen molar-refractivity contribution in [3.05, 3.63) is 158 Å². The Bertz CT molecular complexity index is 3110. The Morgan fingerprint density at radius 1 is 0.469 bits per heavy atom. The first-order valence-corrected chi connectivity index (χ1v) is 16.5. The average Bonchev–Trinajstić information content (AvgIpc) is 3.81. The first-order chi connectivity index (χ1) is 24.3. The molecule has 0 saturated heterocycles. The molecule has 49 heavy (non-hydrogen) atoms. The third-order valence-electron chi connectivity index (χ3n) is 9.96. The zero-order valence-electron chi connectivity index (χ0n) is 26.2. The molecule has 0 radical (unpaired) electrons. The predicted molar refractivity (Wildman–Crippen MR) is 201 cm³/mol. The second-order valence-corrected chi connectivity index (χ2v) is 12.6. The van der Waals surface area contributed by atoms with E-state index in [0.29, 0.717) is 5.71 Å². The lowest BCUT2D eigenvalue weighted by Crippen LogP contribution is -1.95. The van der Waals surface area contributed by atoms with Crippen LogP contribution < -0.4 is 0 Å². The van der Waals surface area contributed by atoms with Crippen molar-refractivity contribution in [2.45, 2.75) is 0 Å². The van der Waals surface area contributed by atoms with Crippen molar-refractivity contribution in [1.29, 1.82) is 0 Å². The molecule has 0 fully saturated rings. The monoisotopic (exact) mass is 626 g/mol. The van der Waals surface area contributed by atoms with Gasteiger partial charge in [0.1, 0.15) is 11.1 Å². The van der Waals surface area contributed by atoms with Gasteiger partial charge in [0.15, 0.2) is 0 Å². The molecule has 0 atom stereocenters. The van der Waals surface area contributed by atoms with Gasteiger partial charge in [-0.15, -0.1) is 0 Å². The summed E-state index contributed by atoms with van der Waals surface area (Å²) in [5.74, 6) is 0. The molecule has 0 bridgehead atoms. The van der Waals surface area contributed by atoms with E-state index in [0.717, 1.165) is 60.9 Å². The van der Waals surface area contributed by atoms with Crippen LogP contribution in [-0.4, -0.2) is 19.1 Å². The minimum Gasteiger partial charge on any atom is -0.436 e. The topological polar surface area (TPSA) is 48.8 Å². The number of hydrogen-bond acceptors (Lipinski definition) is 3. The first kappa shape index (κ1) is 26.4. The van der Waals surface area contributed by atoms with E-state index in [4.69, 9.17) is 14.4 Å². The summed E-state index contributed by atoms with van der Waals surface area (Å²) in [7, 11) is 0. The molecule has 0 aliphatic rings. The van der Waals surface area contributed by atoms with Gasteiger partial charge in [-0.3, -0.25) is 0 Å². The van der Waals surface area contributed by atoms with Crippen molar-refractivity contribution >= 4 is 76.6 Å². The predicted octanol–water partition coefficient (Wildman–Crippen LogP) is 11.4. The fourth-order valence-corrected chi connectivity index (χ4v) is 7.81. The Morgan fingerprint density at radius 3 is 1.86 bits per heavy atom. The first-order valence-electron chi connectivity index (χ1n) is 16.5. The molecule has 0 unspecified atom stereocenters. The van der Waals surface area contributed by atoms with E-state index in [9.17, 15) is 0 Å². The summed E-state index contributed by atoms with van der Waals surface area (Å²) in [5.41, 5.74) is 10.8. The van der Waals surface area contributed by atoms with Crippen molar-refractivity contribution < 1.29 is 4.42 Å². The van der Waals surface area contributed by atoms with Crippen LogP contribution in [0.3, 0.4) is 0 Å². The SMILES string of the molecule is c1ccc(-n2c3ccccc3c3cc4c(cc32)c2ccccc2n4-c2cccc(-c3cnc4c(n3)oc3ccc5ccccc5c34)c2)cc1. The second-order valence-electron chi connectivity index (χ2n) is 12.6. The summed E-state index contributed by atoms with van der Waals surface area (Å²) in [6.45, 7) is 0. The van der Waals surface area contributed by atoms with Crippen molar-refractivity contribution in [1.82, 2.24) is 19.1 Å². The number of fused-ring (bicyclic) bond motifs is 11. The number of furan rings is 1. The molecule has 7 aromatic carbocycles. The Kier molecular flexibility index (Phi) is 5.32. The summed E-state index contributed by atoms with van der Waals surface area (Å²) >= 11 is 0. The Morgan fingerprint density at radius 2 is 1.10 bits per heavy atom. The van der Waals surface area contributed by atoms with E-state index in [1.165, 1.54) is 32.6 Å². The molecular formula is C44H26N4O. The van der Waals surface area contributed by atoms with Crippen molar-refractivity contribution in [3.8, 4) is 22.6 Å². The Hall–Kier alpha value is -6.72. The van der Waals surface area contributed by atoms with Gasteiger partial charge in [-0.25, -0.2) is 9.97 Å². The van der Waals surface area contributed by atoms with Crippen molar-refractivity contribution in [3.63, 3.8) is 0 Å². The highest BCUT2D eigenvalue weighted by Gasteiger charge is 2.19. The zero-order chi connectivity index (χ0) is 32.1. The fraction of sp³-hybridized carbons (Fsp3) is 0. The van der Waals surface area contributed by atoms with Crippen LogP contribution in [0.5, 0.6) is 0 Å².